The maximum atomic E-state index is 11.4. The fourth-order valence-electron chi connectivity index (χ4n) is 0.778. The summed E-state index contributed by atoms with van der Waals surface area (Å²) in [6.07, 6.45) is 1.80. The molecule has 0 saturated carbocycles. The molecule has 1 rings (SSSR count). The third kappa shape index (κ3) is 2.59. The van der Waals surface area contributed by atoms with Gasteiger partial charge in [-0.25, -0.2) is 9.97 Å². The van der Waals surface area contributed by atoms with Crippen LogP contribution in [0.3, 0.4) is 0 Å². The van der Waals surface area contributed by atoms with Gasteiger partial charge >= 0.3 is 0 Å². The van der Waals surface area contributed by atoms with Crippen molar-refractivity contribution in [2.24, 2.45) is 0 Å². The molecule has 0 N–H and O–H groups in total. The smallest absolute Gasteiger partial charge is 0.190 e. The molecule has 0 aliphatic heterocycles. The van der Waals surface area contributed by atoms with Crippen LogP contribution in [0, 0.1) is 0 Å². The van der Waals surface area contributed by atoms with Crippen LogP contribution in [0.4, 0.5) is 0 Å². The lowest BCUT2D eigenvalue weighted by Crippen LogP contribution is -2.05. The molecule has 1 heterocycles. The standard InChI is InChI=1S/C7H5BrCl2N2OS/c1-14-7-11-5(9)4(3(13)2-8)6(10)12-7/h2H2,1H3. The minimum Gasteiger partial charge on any atom is -0.293 e. The summed E-state index contributed by atoms with van der Waals surface area (Å²) in [5, 5.41) is 0.790. The summed E-state index contributed by atoms with van der Waals surface area (Å²) < 4.78 is 0. The molecule has 0 radical (unpaired) electrons. The predicted molar refractivity (Wildman–Crippen MR) is 62.0 cm³/mol. The Balaban J connectivity index is 3.25. The highest BCUT2D eigenvalue weighted by molar-refractivity contribution is 9.09. The SMILES string of the molecule is CSc1nc(Cl)c(C(=O)CBr)c(Cl)n1. The van der Waals surface area contributed by atoms with Crippen molar-refractivity contribution in [1.82, 2.24) is 9.97 Å². The lowest BCUT2D eigenvalue weighted by molar-refractivity contribution is 0.102. The molecule has 1 aromatic rings. The van der Waals surface area contributed by atoms with Gasteiger partial charge in [0.05, 0.1) is 10.9 Å². The van der Waals surface area contributed by atoms with E-state index in [0.29, 0.717) is 5.16 Å². The third-order valence-corrected chi connectivity index (χ3v) is 2.99. The van der Waals surface area contributed by atoms with Crippen LogP contribution in [0.1, 0.15) is 10.4 Å². The molecule has 1 aromatic heterocycles. The van der Waals surface area contributed by atoms with E-state index in [2.05, 4.69) is 25.9 Å². The molecular weight excluding hydrogens is 311 g/mol. The summed E-state index contributed by atoms with van der Waals surface area (Å²) in [5.41, 5.74) is 0.169. The Bertz CT molecular complexity index is 352. The number of aromatic nitrogens is 2. The molecule has 0 amide bonds. The molecule has 76 valence electrons. The lowest BCUT2D eigenvalue weighted by atomic mass is 10.2. The number of rotatable bonds is 3. The van der Waals surface area contributed by atoms with Crippen LogP contribution in [-0.2, 0) is 0 Å². The highest BCUT2D eigenvalue weighted by atomic mass is 79.9. The fraction of sp³-hybridized carbons (Fsp3) is 0.286. The number of alkyl halides is 1. The maximum Gasteiger partial charge on any atom is 0.190 e. The first-order chi connectivity index (χ1) is 6.60. The van der Waals surface area contributed by atoms with Crippen LogP contribution in [0.15, 0.2) is 5.16 Å². The Morgan fingerprint density at radius 1 is 1.43 bits per heavy atom. The van der Waals surface area contributed by atoms with Gasteiger partial charge in [-0.3, -0.25) is 4.79 Å². The second-order valence-electron chi connectivity index (χ2n) is 2.22. The average Bonchev–Trinajstić information content (AvgIpc) is 2.16. The van der Waals surface area contributed by atoms with E-state index in [0.717, 1.165) is 0 Å². The zero-order valence-electron chi connectivity index (χ0n) is 7.05. The molecule has 3 nitrogen and oxygen atoms in total. The zero-order valence-corrected chi connectivity index (χ0v) is 11.0. The van der Waals surface area contributed by atoms with Crippen LogP contribution in [0.2, 0.25) is 10.3 Å². The average molecular weight is 316 g/mol. The van der Waals surface area contributed by atoms with E-state index in [1.807, 2.05) is 0 Å². The molecule has 0 unspecified atom stereocenters. The largest absolute Gasteiger partial charge is 0.293 e. The maximum absolute atomic E-state index is 11.4. The monoisotopic (exact) mass is 314 g/mol. The number of hydrogen-bond donors (Lipinski definition) is 0. The van der Waals surface area contributed by atoms with Gasteiger partial charge in [-0.05, 0) is 6.26 Å². The summed E-state index contributed by atoms with van der Waals surface area (Å²) in [5.74, 6) is -0.229. The summed E-state index contributed by atoms with van der Waals surface area (Å²) in [6.45, 7) is 0. The zero-order chi connectivity index (χ0) is 10.7. The van der Waals surface area contributed by atoms with E-state index in [-0.39, 0.29) is 27.0 Å². The normalized spacial score (nSPS) is 10.3. The van der Waals surface area contributed by atoms with Crippen LogP contribution in [-0.4, -0.2) is 27.3 Å². The number of Topliss-reactive ketones (excluding diaryl/α,β-unsaturated/α-hetero) is 1. The second-order valence-corrected chi connectivity index (χ2v) is 4.27. The van der Waals surface area contributed by atoms with E-state index < -0.39 is 0 Å². The topological polar surface area (TPSA) is 42.9 Å². The molecule has 0 aliphatic carbocycles. The predicted octanol–water partition coefficient (Wildman–Crippen LogP) is 3.08. The van der Waals surface area contributed by atoms with Crippen LogP contribution in [0.5, 0.6) is 0 Å². The number of nitrogens with zero attached hydrogens (tertiary/aromatic N) is 2. The summed E-state index contributed by atoms with van der Waals surface area (Å²) in [6, 6.07) is 0. The van der Waals surface area contributed by atoms with Crippen molar-refractivity contribution in [1.29, 1.82) is 0 Å². The highest BCUT2D eigenvalue weighted by Gasteiger charge is 2.17. The first-order valence-corrected chi connectivity index (χ1v) is 6.56. The van der Waals surface area contributed by atoms with Gasteiger partial charge < -0.3 is 0 Å². The molecule has 0 aliphatic rings. The summed E-state index contributed by atoms with van der Waals surface area (Å²) in [4.78, 5) is 19.2. The van der Waals surface area contributed by atoms with Gasteiger partial charge in [-0.2, -0.15) is 0 Å². The van der Waals surface area contributed by atoms with E-state index >= 15 is 0 Å². The van der Waals surface area contributed by atoms with Gasteiger partial charge in [0.1, 0.15) is 10.3 Å². The lowest BCUT2D eigenvalue weighted by Gasteiger charge is -2.03. The van der Waals surface area contributed by atoms with Gasteiger partial charge in [0.15, 0.2) is 10.9 Å². The van der Waals surface area contributed by atoms with Crippen molar-refractivity contribution in [2.45, 2.75) is 5.16 Å². The highest BCUT2D eigenvalue weighted by Crippen LogP contribution is 2.24. The van der Waals surface area contributed by atoms with E-state index in [1.165, 1.54) is 11.8 Å². The molecule has 0 aromatic carbocycles. The van der Waals surface area contributed by atoms with Gasteiger partial charge in [-0.15, -0.1) is 0 Å². The van der Waals surface area contributed by atoms with Crippen LogP contribution >= 0.6 is 50.9 Å². The van der Waals surface area contributed by atoms with E-state index in [1.54, 1.807) is 6.26 Å². The van der Waals surface area contributed by atoms with Crippen molar-refractivity contribution in [3.8, 4) is 0 Å². The fourth-order valence-corrected chi connectivity index (χ4v) is 2.12. The third-order valence-electron chi connectivity index (χ3n) is 1.38. The van der Waals surface area contributed by atoms with Crippen LogP contribution < -0.4 is 0 Å². The molecule has 0 saturated heterocycles. The van der Waals surface area contributed by atoms with Gasteiger partial charge in [0, 0.05) is 0 Å². The van der Waals surface area contributed by atoms with E-state index in [4.69, 9.17) is 23.2 Å². The van der Waals surface area contributed by atoms with Crippen molar-refractivity contribution in [3.63, 3.8) is 0 Å². The number of carbonyl (C=O) groups excluding carboxylic acids is 1. The molecule has 14 heavy (non-hydrogen) atoms. The Labute approximate surface area is 104 Å². The summed E-state index contributed by atoms with van der Waals surface area (Å²) >= 11 is 15.9. The molecule has 0 bridgehead atoms. The first-order valence-electron chi connectivity index (χ1n) is 3.46. The minimum atomic E-state index is -0.229. The Morgan fingerprint density at radius 2 is 1.93 bits per heavy atom. The minimum absolute atomic E-state index is 0.0961. The quantitative estimate of drug-likeness (QED) is 0.283. The number of carbonyl (C=O) groups is 1. The van der Waals surface area contributed by atoms with Gasteiger partial charge in [-0.1, -0.05) is 50.9 Å². The Kier molecular flexibility index (Phi) is 4.63. The number of hydrogen-bond acceptors (Lipinski definition) is 4. The summed E-state index contributed by atoms with van der Waals surface area (Å²) in [7, 11) is 0. The van der Waals surface area contributed by atoms with Crippen molar-refractivity contribution in [2.75, 3.05) is 11.6 Å². The first kappa shape index (κ1) is 12.2. The Morgan fingerprint density at radius 3 is 2.29 bits per heavy atom. The number of ketones is 1. The van der Waals surface area contributed by atoms with Gasteiger partial charge in [0.2, 0.25) is 0 Å². The Hall–Kier alpha value is 0.160. The molecular formula is C7H5BrCl2N2OS. The van der Waals surface area contributed by atoms with E-state index in [9.17, 15) is 4.79 Å². The van der Waals surface area contributed by atoms with Gasteiger partial charge in [0.25, 0.3) is 0 Å². The molecule has 0 atom stereocenters. The number of thioether (sulfide) groups is 1. The molecule has 0 fully saturated rings. The number of halogens is 3. The molecule has 7 heteroatoms. The van der Waals surface area contributed by atoms with Crippen LogP contribution in [0.25, 0.3) is 0 Å². The van der Waals surface area contributed by atoms with Crippen molar-refractivity contribution < 1.29 is 4.79 Å². The molecule has 0 spiro atoms. The van der Waals surface area contributed by atoms with Crippen molar-refractivity contribution in [3.05, 3.63) is 15.9 Å². The second kappa shape index (κ2) is 5.30. The van der Waals surface area contributed by atoms with Crippen molar-refractivity contribution >= 4 is 56.7 Å².